The molecule has 28 heavy (non-hydrogen) atoms. The van der Waals surface area contributed by atoms with Crippen molar-refractivity contribution >= 4 is 23.7 Å². The Labute approximate surface area is 164 Å². The molecule has 1 unspecified atom stereocenters. The number of amidine groups is 1. The van der Waals surface area contributed by atoms with Crippen molar-refractivity contribution in [1.82, 2.24) is 10.6 Å². The van der Waals surface area contributed by atoms with Crippen LogP contribution >= 0.6 is 0 Å². The second kappa shape index (κ2) is 11.1. The Morgan fingerprint density at radius 3 is 2.25 bits per heavy atom. The minimum absolute atomic E-state index is 0.0765. The molecule has 0 spiro atoms. The largest absolute Gasteiger partial charge is 0.473 e. The van der Waals surface area contributed by atoms with Crippen molar-refractivity contribution in [1.29, 1.82) is 0 Å². The van der Waals surface area contributed by atoms with E-state index in [4.69, 9.17) is 19.8 Å². The summed E-state index contributed by atoms with van der Waals surface area (Å²) in [5.74, 6) is -2.19. The van der Waals surface area contributed by atoms with Crippen molar-refractivity contribution in [3.63, 3.8) is 0 Å². The number of hydrogen-bond donors (Lipinski definition) is 4. The van der Waals surface area contributed by atoms with Gasteiger partial charge in [-0.25, -0.2) is 9.59 Å². The van der Waals surface area contributed by atoms with Crippen LogP contribution in [0.2, 0.25) is 0 Å². The molecule has 1 fully saturated rings. The van der Waals surface area contributed by atoms with Crippen LogP contribution < -0.4 is 10.6 Å². The van der Waals surface area contributed by atoms with Crippen LogP contribution in [0, 0.1) is 5.92 Å². The number of benzene rings is 1. The molecule has 1 atom stereocenters. The molecule has 1 aliphatic carbocycles. The van der Waals surface area contributed by atoms with Gasteiger partial charge in [0, 0.05) is 6.54 Å². The third-order valence-electron chi connectivity index (χ3n) is 4.85. The summed E-state index contributed by atoms with van der Waals surface area (Å²) >= 11 is 0. The van der Waals surface area contributed by atoms with Crippen molar-refractivity contribution in [2.75, 3.05) is 13.1 Å². The number of nitrogens with zero attached hydrogens (tertiary/aromatic N) is 1. The van der Waals surface area contributed by atoms with Crippen molar-refractivity contribution in [3.8, 4) is 0 Å². The van der Waals surface area contributed by atoms with Gasteiger partial charge in [0.1, 0.15) is 5.84 Å². The summed E-state index contributed by atoms with van der Waals surface area (Å²) in [5.41, 5.74) is 1.23. The van der Waals surface area contributed by atoms with E-state index < -0.39 is 11.9 Å². The molecular formula is C20H27N3O5. The first-order chi connectivity index (χ1) is 13.5. The average molecular weight is 389 g/mol. The minimum atomic E-state index is -1.82. The normalized spacial score (nSPS) is 17.4. The molecule has 4 N–H and O–H groups in total. The van der Waals surface area contributed by atoms with Crippen LogP contribution in [-0.2, 0) is 14.4 Å². The van der Waals surface area contributed by atoms with Crippen LogP contribution in [0.5, 0.6) is 0 Å². The standard InChI is InChI=1S/C18H25N3O.C2H2O4/c22-17(13-16-19-11-12-20-16)21-18(14-7-3-1-4-8-14)15-9-5-2-6-10-15;3-1(4)2(5)6/h1,3-4,7-8,15,18H,2,5-6,9-13H2,(H,19,20)(H,21,22);(H,3,4)(H,5,6). The second-order valence-electron chi connectivity index (χ2n) is 6.90. The number of rotatable bonds is 5. The lowest BCUT2D eigenvalue weighted by Crippen LogP contribution is -2.36. The summed E-state index contributed by atoms with van der Waals surface area (Å²) in [4.78, 5) is 34.9. The van der Waals surface area contributed by atoms with Crippen LogP contribution in [0.4, 0.5) is 0 Å². The zero-order valence-corrected chi connectivity index (χ0v) is 15.8. The number of carbonyl (C=O) groups is 3. The fourth-order valence-corrected chi connectivity index (χ4v) is 3.54. The van der Waals surface area contributed by atoms with Gasteiger partial charge in [-0.2, -0.15) is 0 Å². The fraction of sp³-hybridized carbons (Fsp3) is 0.500. The number of amides is 1. The molecule has 8 nitrogen and oxygen atoms in total. The Morgan fingerprint density at radius 2 is 1.71 bits per heavy atom. The van der Waals surface area contributed by atoms with E-state index in [0.29, 0.717) is 12.3 Å². The third-order valence-corrected chi connectivity index (χ3v) is 4.85. The van der Waals surface area contributed by atoms with Crippen molar-refractivity contribution in [2.45, 2.75) is 44.6 Å². The maximum atomic E-state index is 12.4. The van der Waals surface area contributed by atoms with Crippen LogP contribution in [0.25, 0.3) is 0 Å². The van der Waals surface area contributed by atoms with Gasteiger partial charge in [0.15, 0.2) is 0 Å². The minimum Gasteiger partial charge on any atom is -0.473 e. The van der Waals surface area contributed by atoms with Crippen LogP contribution in [-0.4, -0.2) is 47.0 Å². The van der Waals surface area contributed by atoms with E-state index in [0.717, 1.165) is 18.9 Å². The summed E-state index contributed by atoms with van der Waals surface area (Å²) < 4.78 is 0. The van der Waals surface area contributed by atoms with Gasteiger partial charge >= 0.3 is 11.9 Å². The highest BCUT2D eigenvalue weighted by molar-refractivity contribution is 6.27. The summed E-state index contributed by atoms with van der Waals surface area (Å²) in [6, 6.07) is 10.5. The monoisotopic (exact) mass is 389 g/mol. The van der Waals surface area contributed by atoms with Crippen LogP contribution in [0.15, 0.2) is 35.3 Å². The highest BCUT2D eigenvalue weighted by Crippen LogP contribution is 2.34. The number of carboxylic acids is 2. The second-order valence-corrected chi connectivity index (χ2v) is 6.90. The first kappa shape index (κ1) is 21.4. The van der Waals surface area contributed by atoms with Gasteiger partial charge in [-0.3, -0.25) is 9.79 Å². The molecule has 1 amide bonds. The predicted molar refractivity (Wildman–Crippen MR) is 104 cm³/mol. The number of aliphatic imine (C=N–C) groups is 1. The molecule has 1 aliphatic heterocycles. The topological polar surface area (TPSA) is 128 Å². The van der Waals surface area contributed by atoms with E-state index in [2.05, 4.69) is 39.9 Å². The Hall–Kier alpha value is -2.90. The molecule has 0 aromatic heterocycles. The van der Waals surface area contributed by atoms with Gasteiger partial charge < -0.3 is 20.8 Å². The van der Waals surface area contributed by atoms with Crippen molar-refractivity contribution < 1.29 is 24.6 Å². The maximum absolute atomic E-state index is 12.4. The number of carboxylic acid groups (broad SMARTS) is 2. The lowest BCUT2D eigenvalue weighted by atomic mass is 9.81. The Balaban J connectivity index is 0.000000409. The van der Waals surface area contributed by atoms with Gasteiger partial charge in [0.2, 0.25) is 5.91 Å². The molecule has 0 radical (unpaired) electrons. The van der Waals surface area contributed by atoms with E-state index in [-0.39, 0.29) is 11.9 Å². The van der Waals surface area contributed by atoms with E-state index in [9.17, 15) is 4.79 Å². The summed E-state index contributed by atoms with van der Waals surface area (Å²) in [6.45, 7) is 1.64. The van der Waals surface area contributed by atoms with E-state index in [1.165, 1.54) is 37.7 Å². The van der Waals surface area contributed by atoms with Gasteiger partial charge in [0.25, 0.3) is 0 Å². The first-order valence-corrected chi connectivity index (χ1v) is 9.55. The molecule has 1 heterocycles. The lowest BCUT2D eigenvalue weighted by Gasteiger charge is -2.31. The molecule has 1 aromatic carbocycles. The molecule has 0 bridgehead atoms. The number of hydrogen-bond acceptors (Lipinski definition) is 5. The van der Waals surface area contributed by atoms with Gasteiger partial charge in [-0.15, -0.1) is 0 Å². The molecule has 3 rings (SSSR count). The summed E-state index contributed by atoms with van der Waals surface area (Å²) in [6.07, 6.45) is 6.66. The van der Waals surface area contributed by atoms with Crippen molar-refractivity contribution in [2.24, 2.45) is 10.9 Å². The molecule has 1 saturated carbocycles. The fourth-order valence-electron chi connectivity index (χ4n) is 3.54. The number of carbonyl (C=O) groups excluding carboxylic acids is 1. The quantitative estimate of drug-likeness (QED) is 0.570. The first-order valence-electron chi connectivity index (χ1n) is 9.55. The Kier molecular flexibility index (Phi) is 8.45. The average Bonchev–Trinajstić information content (AvgIpc) is 3.21. The Morgan fingerprint density at radius 1 is 1.07 bits per heavy atom. The zero-order valence-electron chi connectivity index (χ0n) is 15.8. The SMILES string of the molecule is O=C(CC1=NCCN1)NC(c1ccccc1)C1CCCCC1.O=C(O)C(=O)O. The molecule has 1 aromatic rings. The number of aliphatic carboxylic acids is 2. The van der Waals surface area contributed by atoms with Gasteiger partial charge in [-0.05, 0) is 24.3 Å². The predicted octanol–water partition coefficient (Wildman–Crippen LogP) is 1.97. The molecule has 152 valence electrons. The highest BCUT2D eigenvalue weighted by Gasteiger charge is 2.26. The van der Waals surface area contributed by atoms with E-state index in [1.54, 1.807) is 0 Å². The lowest BCUT2D eigenvalue weighted by molar-refractivity contribution is -0.159. The highest BCUT2D eigenvalue weighted by atomic mass is 16.4. The molecule has 2 aliphatic rings. The molecule has 8 heteroatoms. The third kappa shape index (κ3) is 7.02. The van der Waals surface area contributed by atoms with E-state index in [1.807, 2.05) is 6.07 Å². The maximum Gasteiger partial charge on any atom is 0.414 e. The van der Waals surface area contributed by atoms with Crippen LogP contribution in [0.1, 0.15) is 50.1 Å². The molecular weight excluding hydrogens is 362 g/mol. The summed E-state index contributed by atoms with van der Waals surface area (Å²) in [7, 11) is 0. The number of nitrogens with one attached hydrogen (secondary N) is 2. The van der Waals surface area contributed by atoms with Crippen LogP contribution in [0.3, 0.4) is 0 Å². The zero-order chi connectivity index (χ0) is 20.4. The van der Waals surface area contributed by atoms with E-state index >= 15 is 0 Å². The van der Waals surface area contributed by atoms with Gasteiger partial charge in [0.05, 0.1) is 19.0 Å². The van der Waals surface area contributed by atoms with Crippen molar-refractivity contribution in [3.05, 3.63) is 35.9 Å². The summed E-state index contributed by atoms with van der Waals surface area (Å²) in [5, 5.41) is 21.2. The van der Waals surface area contributed by atoms with Gasteiger partial charge in [-0.1, -0.05) is 49.6 Å². The molecule has 0 saturated heterocycles. The smallest absolute Gasteiger partial charge is 0.414 e. The Bertz CT molecular complexity index is 687.